The first-order valence-electron chi connectivity index (χ1n) is 6.57. The van der Waals surface area contributed by atoms with E-state index in [0.717, 1.165) is 38.2 Å². The maximum atomic E-state index is 12.1. The summed E-state index contributed by atoms with van der Waals surface area (Å²) in [5, 5.41) is 6.12. The van der Waals surface area contributed by atoms with Crippen molar-refractivity contribution < 1.29 is 4.79 Å². The molecule has 1 fully saturated rings. The highest BCUT2D eigenvalue weighted by Crippen LogP contribution is 2.20. The highest BCUT2D eigenvalue weighted by molar-refractivity contribution is 5.85. The molecule has 1 atom stereocenters. The maximum absolute atomic E-state index is 12.1. The normalized spacial score (nSPS) is 20.4. The van der Waals surface area contributed by atoms with Crippen molar-refractivity contribution in [1.29, 1.82) is 0 Å². The summed E-state index contributed by atoms with van der Waals surface area (Å²) in [6.07, 6.45) is 1.83. The van der Waals surface area contributed by atoms with Gasteiger partial charge in [0.15, 0.2) is 0 Å². The summed E-state index contributed by atoms with van der Waals surface area (Å²) in [7, 11) is 1.92. The Bertz CT molecular complexity index is 380. The standard InChI is InChI=1S/C14H21N3O/c1-15-10-8-13-14(18)16-9-5-11-17(13)12-6-3-2-4-7-12/h2-4,6-7,13,15H,5,8-11H2,1H3,(H,16,18). The summed E-state index contributed by atoms with van der Waals surface area (Å²) in [6.45, 7) is 2.55. The van der Waals surface area contributed by atoms with Gasteiger partial charge in [-0.3, -0.25) is 4.79 Å². The second-order valence-electron chi connectivity index (χ2n) is 4.58. The van der Waals surface area contributed by atoms with Crippen LogP contribution in [0.1, 0.15) is 12.8 Å². The molecule has 98 valence electrons. The van der Waals surface area contributed by atoms with Crippen molar-refractivity contribution in [2.24, 2.45) is 0 Å². The van der Waals surface area contributed by atoms with Crippen LogP contribution in [0.25, 0.3) is 0 Å². The average Bonchev–Trinajstić information content (AvgIpc) is 2.59. The Kier molecular flexibility index (Phi) is 4.59. The zero-order valence-corrected chi connectivity index (χ0v) is 10.9. The minimum Gasteiger partial charge on any atom is -0.359 e. The van der Waals surface area contributed by atoms with Gasteiger partial charge in [0.2, 0.25) is 5.91 Å². The molecular weight excluding hydrogens is 226 g/mol. The lowest BCUT2D eigenvalue weighted by molar-refractivity contribution is -0.122. The van der Waals surface area contributed by atoms with E-state index in [9.17, 15) is 4.79 Å². The minimum atomic E-state index is -0.0673. The fraction of sp³-hybridized carbons (Fsp3) is 0.500. The molecule has 2 rings (SSSR count). The SMILES string of the molecule is CNCCC1C(=O)NCCCN1c1ccccc1. The largest absolute Gasteiger partial charge is 0.359 e. The van der Waals surface area contributed by atoms with Crippen molar-refractivity contribution in [3.8, 4) is 0 Å². The number of nitrogens with zero attached hydrogens (tertiary/aromatic N) is 1. The molecule has 1 amide bonds. The first-order valence-corrected chi connectivity index (χ1v) is 6.57. The van der Waals surface area contributed by atoms with Crippen LogP contribution in [0.4, 0.5) is 5.69 Å². The molecular formula is C14H21N3O. The first kappa shape index (κ1) is 12.9. The van der Waals surface area contributed by atoms with Crippen LogP contribution in [-0.4, -0.2) is 38.6 Å². The van der Waals surface area contributed by atoms with Crippen molar-refractivity contribution in [3.05, 3.63) is 30.3 Å². The van der Waals surface area contributed by atoms with Gasteiger partial charge in [-0.2, -0.15) is 0 Å². The zero-order chi connectivity index (χ0) is 12.8. The van der Waals surface area contributed by atoms with Gasteiger partial charge in [0.05, 0.1) is 0 Å². The smallest absolute Gasteiger partial charge is 0.242 e. The van der Waals surface area contributed by atoms with Crippen molar-refractivity contribution in [2.75, 3.05) is 31.6 Å². The molecule has 2 N–H and O–H groups in total. The van der Waals surface area contributed by atoms with E-state index in [4.69, 9.17) is 0 Å². The third-order valence-electron chi connectivity index (χ3n) is 3.31. The van der Waals surface area contributed by atoms with E-state index in [1.807, 2.05) is 25.2 Å². The number of carbonyl (C=O) groups excluding carboxylic acids is 1. The van der Waals surface area contributed by atoms with E-state index < -0.39 is 0 Å². The molecule has 1 unspecified atom stereocenters. The quantitative estimate of drug-likeness (QED) is 0.834. The highest BCUT2D eigenvalue weighted by Gasteiger charge is 2.27. The van der Waals surface area contributed by atoms with E-state index in [1.165, 1.54) is 0 Å². The Hall–Kier alpha value is -1.55. The number of carbonyl (C=O) groups is 1. The summed E-state index contributed by atoms with van der Waals surface area (Å²) in [5.41, 5.74) is 1.13. The highest BCUT2D eigenvalue weighted by atomic mass is 16.2. The van der Waals surface area contributed by atoms with Gasteiger partial charge < -0.3 is 15.5 Å². The van der Waals surface area contributed by atoms with Gasteiger partial charge in [0, 0.05) is 18.8 Å². The van der Waals surface area contributed by atoms with Crippen LogP contribution in [0, 0.1) is 0 Å². The fourth-order valence-electron chi connectivity index (χ4n) is 2.37. The number of nitrogens with one attached hydrogen (secondary N) is 2. The average molecular weight is 247 g/mol. The molecule has 0 saturated carbocycles. The van der Waals surface area contributed by atoms with Crippen molar-refractivity contribution in [1.82, 2.24) is 10.6 Å². The second-order valence-corrected chi connectivity index (χ2v) is 4.58. The molecule has 4 heteroatoms. The third kappa shape index (κ3) is 3.01. The molecule has 18 heavy (non-hydrogen) atoms. The van der Waals surface area contributed by atoms with Gasteiger partial charge in [-0.25, -0.2) is 0 Å². The number of anilines is 1. The second kappa shape index (κ2) is 6.40. The molecule has 1 heterocycles. The van der Waals surface area contributed by atoms with Gasteiger partial charge >= 0.3 is 0 Å². The molecule has 1 saturated heterocycles. The van der Waals surface area contributed by atoms with Crippen LogP contribution in [0.15, 0.2) is 30.3 Å². The minimum absolute atomic E-state index is 0.0673. The van der Waals surface area contributed by atoms with Crippen LogP contribution in [-0.2, 0) is 4.79 Å². The molecule has 1 aliphatic heterocycles. The summed E-state index contributed by atoms with van der Waals surface area (Å²) in [4.78, 5) is 14.3. The maximum Gasteiger partial charge on any atom is 0.242 e. The Balaban J connectivity index is 2.19. The van der Waals surface area contributed by atoms with Crippen molar-refractivity contribution >= 4 is 11.6 Å². The van der Waals surface area contributed by atoms with E-state index in [2.05, 4.69) is 27.7 Å². The number of benzene rings is 1. The van der Waals surface area contributed by atoms with Crippen LogP contribution in [0.2, 0.25) is 0 Å². The summed E-state index contributed by atoms with van der Waals surface area (Å²) in [6, 6.07) is 10.1. The number of para-hydroxylation sites is 1. The monoisotopic (exact) mass is 247 g/mol. The zero-order valence-electron chi connectivity index (χ0n) is 10.9. The van der Waals surface area contributed by atoms with Crippen LogP contribution >= 0.6 is 0 Å². The Morgan fingerprint density at radius 2 is 2.17 bits per heavy atom. The van der Waals surface area contributed by atoms with E-state index in [0.29, 0.717) is 0 Å². The first-order chi connectivity index (χ1) is 8.83. The number of hydrogen-bond acceptors (Lipinski definition) is 3. The Morgan fingerprint density at radius 1 is 1.39 bits per heavy atom. The molecule has 0 aromatic heterocycles. The van der Waals surface area contributed by atoms with Crippen LogP contribution in [0.5, 0.6) is 0 Å². The lowest BCUT2D eigenvalue weighted by Gasteiger charge is -2.30. The number of rotatable bonds is 4. The van der Waals surface area contributed by atoms with E-state index in [1.54, 1.807) is 0 Å². The molecule has 0 bridgehead atoms. The van der Waals surface area contributed by atoms with E-state index in [-0.39, 0.29) is 11.9 Å². The van der Waals surface area contributed by atoms with Gasteiger partial charge in [-0.05, 0) is 38.6 Å². The van der Waals surface area contributed by atoms with Gasteiger partial charge in [0.1, 0.15) is 6.04 Å². The van der Waals surface area contributed by atoms with Gasteiger partial charge in [0.25, 0.3) is 0 Å². The molecule has 4 nitrogen and oxygen atoms in total. The lowest BCUT2D eigenvalue weighted by Crippen LogP contribution is -2.45. The Labute approximate surface area is 108 Å². The van der Waals surface area contributed by atoms with Gasteiger partial charge in [-0.15, -0.1) is 0 Å². The molecule has 1 aliphatic rings. The topological polar surface area (TPSA) is 44.4 Å². The summed E-state index contributed by atoms with van der Waals surface area (Å²) < 4.78 is 0. The molecule has 1 aromatic rings. The molecule has 0 aliphatic carbocycles. The molecule has 0 spiro atoms. The van der Waals surface area contributed by atoms with Crippen molar-refractivity contribution in [2.45, 2.75) is 18.9 Å². The molecule has 1 aromatic carbocycles. The van der Waals surface area contributed by atoms with Crippen LogP contribution < -0.4 is 15.5 Å². The predicted molar refractivity (Wildman–Crippen MR) is 73.7 cm³/mol. The number of amides is 1. The summed E-state index contributed by atoms with van der Waals surface area (Å²) >= 11 is 0. The molecule has 0 radical (unpaired) electrons. The summed E-state index contributed by atoms with van der Waals surface area (Å²) in [5.74, 6) is 0.145. The van der Waals surface area contributed by atoms with Crippen LogP contribution in [0.3, 0.4) is 0 Å². The Morgan fingerprint density at radius 3 is 2.89 bits per heavy atom. The fourth-order valence-corrected chi connectivity index (χ4v) is 2.37. The number of hydrogen-bond donors (Lipinski definition) is 2. The van der Waals surface area contributed by atoms with Gasteiger partial charge in [-0.1, -0.05) is 18.2 Å². The lowest BCUT2D eigenvalue weighted by atomic mass is 10.1. The predicted octanol–water partition coefficient (Wildman–Crippen LogP) is 0.991. The third-order valence-corrected chi connectivity index (χ3v) is 3.31. The van der Waals surface area contributed by atoms with E-state index >= 15 is 0 Å². The van der Waals surface area contributed by atoms with Crippen molar-refractivity contribution in [3.63, 3.8) is 0 Å².